The molecule has 0 aliphatic carbocycles. The minimum Gasteiger partial charge on any atom is -0.377 e. The van der Waals surface area contributed by atoms with Crippen molar-refractivity contribution in [1.29, 1.82) is 0 Å². The van der Waals surface area contributed by atoms with E-state index in [1.807, 2.05) is 12.1 Å². The van der Waals surface area contributed by atoms with Gasteiger partial charge >= 0.3 is 0 Å². The number of piperidine rings is 1. The van der Waals surface area contributed by atoms with Gasteiger partial charge in [0.1, 0.15) is 5.82 Å². The smallest absolute Gasteiger partial charge is 0.123 e. The molecule has 1 aromatic rings. The van der Waals surface area contributed by atoms with Crippen LogP contribution in [-0.2, 0) is 11.2 Å². The topological polar surface area (TPSA) is 12.5 Å². The lowest BCUT2D eigenvalue weighted by Gasteiger charge is -2.36. The Morgan fingerprint density at radius 3 is 2.63 bits per heavy atom. The van der Waals surface area contributed by atoms with Gasteiger partial charge in [-0.2, -0.15) is 0 Å². The van der Waals surface area contributed by atoms with Gasteiger partial charge in [0.15, 0.2) is 0 Å². The van der Waals surface area contributed by atoms with E-state index >= 15 is 0 Å². The third-order valence-electron chi connectivity index (χ3n) is 4.71. The fourth-order valence-corrected chi connectivity index (χ4v) is 3.35. The molecule has 0 unspecified atom stereocenters. The van der Waals surface area contributed by atoms with Crippen molar-refractivity contribution < 1.29 is 9.13 Å². The van der Waals surface area contributed by atoms with Gasteiger partial charge in [0.25, 0.3) is 0 Å². The Kier molecular flexibility index (Phi) is 3.59. The lowest BCUT2D eigenvalue weighted by molar-refractivity contribution is 0.0714. The third-order valence-corrected chi connectivity index (χ3v) is 4.71. The van der Waals surface area contributed by atoms with Crippen molar-refractivity contribution >= 4 is 0 Å². The van der Waals surface area contributed by atoms with Crippen LogP contribution in [0.2, 0.25) is 0 Å². The fourth-order valence-electron chi connectivity index (χ4n) is 3.35. The van der Waals surface area contributed by atoms with Gasteiger partial charge in [-0.15, -0.1) is 0 Å². The molecular formula is C16H22FNO. The molecule has 0 aromatic heterocycles. The Morgan fingerprint density at radius 1 is 1.26 bits per heavy atom. The maximum atomic E-state index is 12.9. The zero-order chi connectivity index (χ0) is 13.3. The Morgan fingerprint density at radius 2 is 1.95 bits per heavy atom. The van der Waals surface area contributed by atoms with Gasteiger partial charge in [-0.1, -0.05) is 12.1 Å². The zero-order valence-corrected chi connectivity index (χ0v) is 11.6. The van der Waals surface area contributed by atoms with Crippen molar-refractivity contribution in [2.75, 3.05) is 26.7 Å². The molecule has 0 radical (unpaired) electrons. The maximum absolute atomic E-state index is 12.9. The molecule has 1 aromatic carbocycles. The molecule has 104 valence electrons. The second kappa shape index (κ2) is 5.22. The summed E-state index contributed by atoms with van der Waals surface area (Å²) in [7, 11) is 2.19. The third kappa shape index (κ3) is 2.98. The molecule has 2 saturated heterocycles. The van der Waals surface area contributed by atoms with Crippen molar-refractivity contribution in [3.8, 4) is 0 Å². The summed E-state index contributed by atoms with van der Waals surface area (Å²) in [6, 6.07) is 6.82. The highest BCUT2D eigenvalue weighted by molar-refractivity contribution is 5.17. The molecule has 1 atom stereocenters. The van der Waals surface area contributed by atoms with Gasteiger partial charge < -0.3 is 9.64 Å². The number of hydrogen-bond acceptors (Lipinski definition) is 2. The SMILES string of the molecule is CN1CCC2(CC1)CO[C@H](Cc1ccc(F)cc1)C2. The highest BCUT2D eigenvalue weighted by Gasteiger charge is 2.41. The molecule has 0 bridgehead atoms. The molecule has 0 amide bonds. The van der Waals surface area contributed by atoms with E-state index in [0.29, 0.717) is 11.5 Å². The largest absolute Gasteiger partial charge is 0.377 e. The quantitative estimate of drug-likeness (QED) is 0.813. The molecule has 2 aliphatic rings. The lowest BCUT2D eigenvalue weighted by atomic mass is 9.76. The van der Waals surface area contributed by atoms with Crippen LogP contribution in [-0.4, -0.2) is 37.7 Å². The summed E-state index contributed by atoms with van der Waals surface area (Å²) in [4.78, 5) is 2.40. The highest BCUT2D eigenvalue weighted by atomic mass is 19.1. The summed E-state index contributed by atoms with van der Waals surface area (Å²) in [5.74, 6) is -0.164. The summed E-state index contributed by atoms with van der Waals surface area (Å²) < 4.78 is 18.9. The minimum atomic E-state index is -0.164. The number of rotatable bonds is 2. The highest BCUT2D eigenvalue weighted by Crippen LogP contribution is 2.42. The van der Waals surface area contributed by atoms with E-state index in [-0.39, 0.29) is 5.82 Å². The van der Waals surface area contributed by atoms with Crippen LogP contribution in [0.25, 0.3) is 0 Å². The first kappa shape index (κ1) is 13.1. The average molecular weight is 263 g/mol. The first-order chi connectivity index (χ1) is 9.15. The molecule has 2 aliphatic heterocycles. The summed E-state index contributed by atoms with van der Waals surface area (Å²) in [6.45, 7) is 3.28. The van der Waals surface area contributed by atoms with E-state index in [0.717, 1.165) is 19.4 Å². The summed E-state index contributed by atoms with van der Waals surface area (Å²) in [6.07, 6.45) is 4.90. The van der Waals surface area contributed by atoms with Crippen LogP contribution in [0.3, 0.4) is 0 Å². The summed E-state index contributed by atoms with van der Waals surface area (Å²) in [5.41, 5.74) is 1.59. The van der Waals surface area contributed by atoms with Gasteiger partial charge in [0.2, 0.25) is 0 Å². The standard InChI is InChI=1S/C16H22FNO/c1-18-8-6-16(7-9-18)11-15(19-12-16)10-13-2-4-14(17)5-3-13/h2-5,15H,6-12H2,1H3/t15-/m1/s1. The molecule has 3 heteroatoms. The minimum absolute atomic E-state index is 0.164. The van der Waals surface area contributed by atoms with E-state index in [2.05, 4.69) is 11.9 Å². The normalized spacial score (nSPS) is 26.9. The van der Waals surface area contributed by atoms with E-state index in [9.17, 15) is 4.39 Å². The van der Waals surface area contributed by atoms with Crippen molar-refractivity contribution in [2.45, 2.75) is 31.8 Å². The van der Waals surface area contributed by atoms with Crippen LogP contribution in [0.15, 0.2) is 24.3 Å². The Hall–Kier alpha value is -0.930. The van der Waals surface area contributed by atoms with Crippen molar-refractivity contribution in [2.24, 2.45) is 5.41 Å². The molecule has 19 heavy (non-hydrogen) atoms. The number of likely N-dealkylation sites (tertiary alicyclic amines) is 1. The van der Waals surface area contributed by atoms with Crippen LogP contribution in [0, 0.1) is 11.2 Å². The lowest BCUT2D eigenvalue weighted by Crippen LogP contribution is -2.38. The monoisotopic (exact) mass is 263 g/mol. The summed E-state index contributed by atoms with van der Waals surface area (Å²) in [5, 5.41) is 0. The van der Waals surface area contributed by atoms with Crippen molar-refractivity contribution in [1.82, 2.24) is 4.90 Å². The van der Waals surface area contributed by atoms with E-state index < -0.39 is 0 Å². The van der Waals surface area contributed by atoms with Crippen LogP contribution < -0.4 is 0 Å². The first-order valence-corrected chi connectivity index (χ1v) is 7.20. The number of benzene rings is 1. The van der Waals surface area contributed by atoms with E-state index in [1.54, 1.807) is 0 Å². The summed E-state index contributed by atoms with van der Waals surface area (Å²) >= 11 is 0. The Labute approximate surface area is 114 Å². The molecule has 2 heterocycles. The van der Waals surface area contributed by atoms with Gasteiger partial charge in [-0.25, -0.2) is 4.39 Å². The van der Waals surface area contributed by atoms with Crippen LogP contribution in [0.4, 0.5) is 4.39 Å². The molecule has 0 saturated carbocycles. The molecule has 2 fully saturated rings. The van der Waals surface area contributed by atoms with Crippen LogP contribution >= 0.6 is 0 Å². The second-order valence-corrected chi connectivity index (χ2v) is 6.27. The maximum Gasteiger partial charge on any atom is 0.123 e. The molecule has 3 rings (SSSR count). The molecular weight excluding hydrogens is 241 g/mol. The second-order valence-electron chi connectivity index (χ2n) is 6.27. The van der Waals surface area contributed by atoms with Crippen molar-refractivity contribution in [3.05, 3.63) is 35.6 Å². The van der Waals surface area contributed by atoms with E-state index in [1.165, 1.54) is 43.6 Å². The number of hydrogen-bond donors (Lipinski definition) is 0. The predicted octanol–water partition coefficient (Wildman–Crippen LogP) is 2.87. The van der Waals surface area contributed by atoms with Crippen molar-refractivity contribution in [3.63, 3.8) is 0 Å². The van der Waals surface area contributed by atoms with E-state index in [4.69, 9.17) is 4.74 Å². The van der Waals surface area contributed by atoms with Crippen LogP contribution in [0.1, 0.15) is 24.8 Å². The average Bonchev–Trinajstić information content (AvgIpc) is 2.80. The fraction of sp³-hybridized carbons (Fsp3) is 0.625. The van der Waals surface area contributed by atoms with Crippen LogP contribution in [0.5, 0.6) is 0 Å². The molecule has 0 N–H and O–H groups in total. The number of nitrogens with zero attached hydrogens (tertiary/aromatic N) is 1. The van der Waals surface area contributed by atoms with Gasteiger partial charge in [0.05, 0.1) is 12.7 Å². The zero-order valence-electron chi connectivity index (χ0n) is 11.6. The molecule has 1 spiro atoms. The Bertz CT molecular complexity index is 423. The van der Waals surface area contributed by atoms with Gasteiger partial charge in [-0.3, -0.25) is 0 Å². The first-order valence-electron chi connectivity index (χ1n) is 7.20. The van der Waals surface area contributed by atoms with Gasteiger partial charge in [-0.05, 0) is 68.9 Å². The predicted molar refractivity (Wildman–Crippen MR) is 73.6 cm³/mol. The molecule has 2 nitrogen and oxygen atoms in total. The Balaban J connectivity index is 1.58. The number of ether oxygens (including phenoxy) is 1. The number of halogens is 1. The van der Waals surface area contributed by atoms with Gasteiger partial charge in [0, 0.05) is 0 Å².